The average Bonchev–Trinajstić information content (AvgIpc) is 3.45. The SMILES string of the molecule is CC(=O)NCCC(NC(=O)N(C)Cc1csc(C(C)C)n1)C(=O)NC(CC/C(N)=C\c1ccccc1)Cc1ccccc1. The number of hydrogen-bond donors (Lipinski definition) is 4. The fourth-order valence-electron chi connectivity index (χ4n) is 4.50. The molecule has 1 heterocycles. The predicted molar refractivity (Wildman–Crippen MR) is 173 cm³/mol. The first kappa shape index (κ1) is 33.3. The highest BCUT2D eigenvalue weighted by atomic mass is 32.1. The molecule has 2 aromatic carbocycles. The van der Waals surface area contributed by atoms with E-state index in [1.165, 1.54) is 11.8 Å². The second kappa shape index (κ2) is 17.1. The van der Waals surface area contributed by atoms with Gasteiger partial charge in [-0.15, -0.1) is 11.3 Å². The summed E-state index contributed by atoms with van der Waals surface area (Å²) in [5.41, 5.74) is 9.98. The first-order valence-corrected chi connectivity index (χ1v) is 15.5. The molecule has 43 heavy (non-hydrogen) atoms. The van der Waals surface area contributed by atoms with Crippen LogP contribution in [0.5, 0.6) is 0 Å². The van der Waals surface area contributed by atoms with Crippen LogP contribution in [-0.2, 0) is 22.6 Å². The van der Waals surface area contributed by atoms with Crippen LogP contribution in [0, 0.1) is 0 Å². The Balaban J connectivity index is 1.70. The molecule has 0 radical (unpaired) electrons. The number of aromatic nitrogens is 1. The molecule has 0 fully saturated rings. The topological polar surface area (TPSA) is 129 Å². The number of carbonyl (C=O) groups is 3. The summed E-state index contributed by atoms with van der Waals surface area (Å²) < 4.78 is 0. The second-order valence-corrected chi connectivity index (χ2v) is 11.9. The van der Waals surface area contributed by atoms with Crippen LogP contribution in [0.3, 0.4) is 0 Å². The number of amides is 4. The van der Waals surface area contributed by atoms with E-state index in [-0.39, 0.29) is 30.8 Å². The molecule has 2 atom stereocenters. The maximum Gasteiger partial charge on any atom is 0.318 e. The van der Waals surface area contributed by atoms with Gasteiger partial charge in [-0.1, -0.05) is 74.5 Å². The van der Waals surface area contributed by atoms with Crippen molar-refractivity contribution in [2.45, 2.75) is 71.0 Å². The van der Waals surface area contributed by atoms with Gasteiger partial charge in [0.25, 0.3) is 0 Å². The van der Waals surface area contributed by atoms with E-state index in [1.807, 2.05) is 72.1 Å². The van der Waals surface area contributed by atoms with Gasteiger partial charge in [0.15, 0.2) is 0 Å². The minimum absolute atomic E-state index is 0.199. The van der Waals surface area contributed by atoms with Crippen LogP contribution in [0.1, 0.15) is 67.8 Å². The molecule has 1 aromatic heterocycles. The molecule has 3 aromatic rings. The van der Waals surface area contributed by atoms with E-state index in [0.29, 0.717) is 31.7 Å². The van der Waals surface area contributed by atoms with E-state index in [4.69, 9.17) is 5.73 Å². The minimum Gasteiger partial charge on any atom is -0.402 e. The molecule has 0 saturated heterocycles. The van der Waals surface area contributed by atoms with E-state index in [0.717, 1.165) is 27.5 Å². The monoisotopic (exact) mass is 604 g/mol. The normalized spacial score (nSPS) is 12.8. The van der Waals surface area contributed by atoms with E-state index in [9.17, 15) is 14.4 Å². The summed E-state index contributed by atoms with van der Waals surface area (Å²) >= 11 is 1.57. The molecular formula is C33H44N6O3S. The summed E-state index contributed by atoms with van der Waals surface area (Å²) in [4.78, 5) is 44.4. The van der Waals surface area contributed by atoms with Crippen LogP contribution >= 0.6 is 11.3 Å². The van der Waals surface area contributed by atoms with Crippen LogP contribution in [0.25, 0.3) is 6.08 Å². The lowest BCUT2D eigenvalue weighted by atomic mass is 9.99. The van der Waals surface area contributed by atoms with Crippen molar-refractivity contribution in [2.24, 2.45) is 5.73 Å². The summed E-state index contributed by atoms with van der Waals surface area (Å²) in [6.07, 6.45) is 4.00. The molecule has 0 spiro atoms. The number of thiazole rings is 1. The number of nitrogens with two attached hydrogens (primary N) is 1. The zero-order valence-corrected chi connectivity index (χ0v) is 26.3. The van der Waals surface area contributed by atoms with Gasteiger partial charge in [-0.2, -0.15) is 0 Å². The smallest absolute Gasteiger partial charge is 0.318 e. The Morgan fingerprint density at radius 3 is 2.30 bits per heavy atom. The van der Waals surface area contributed by atoms with Gasteiger partial charge < -0.3 is 26.6 Å². The molecule has 3 rings (SSSR count). The summed E-state index contributed by atoms with van der Waals surface area (Å²) in [7, 11) is 1.67. The Bertz CT molecular complexity index is 1340. The predicted octanol–water partition coefficient (Wildman–Crippen LogP) is 4.81. The van der Waals surface area contributed by atoms with E-state index >= 15 is 0 Å². The summed E-state index contributed by atoms with van der Waals surface area (Å²) in [5.74, 6) is -0.197. The first-order valence-electron chi connectivity index (χ1n) is 14.7. The zero-order chi connectivity index (χ0) is 31.2. The molecule has 230 valence electrons. The van der Waals surface area contributed by atoms with Gasteiger partial charge in [0.05, 0.1) is 17.2 Å². The molecule has 5 N–H and O–H groups in total. The second-order valence-electron chi connectivity index (χ2n) is 11.0. The molecule has 0 bridgehead atoms. The standard InChI is InChI=1S/C33H44N6O3S/c1-23(2)32-37-29(22-43-32)21-39(4)33(42)38-30(17-18-35-24(3)40)31(41)36-28(20-26-13-9-6-10-14-26)16-15-27(34)19-25-11-7-5-8-12-25/h5-14,19,22-23,28,30H,15-18,20-21,34H2,1-4H3,(H,35,40)(H,36,41)(H,38,42)/b27-19+. The average molecular weight is 605 g/mol. The maximum absolute atomic E-state index is 13.6. The molecular weight excluding hydrogens is 560 g/mol. The van der Waals surface area contributed by atoms with Crippen molar-refractivity contribution in [3.05, 3.63) is 93.6 Å². The number of allylic oxidation sites excluding steroid dienone is 1. The molecule has 2 unspecified atom stereocenters. The van der Waals surface area contributed by atoms with Crippen molar-refractivity contribution in [3.63, 3.8) is 0 Å². The summed E-state index contributed by atoms with van der Waals surface area (Å²) in [6.45, 7) is 6.15. The van der Waals surface area contributed by atoms with Crippen LogP contribution in [0.2, 0.25) is 0 Å². The molecule has 0 saturated carbocycles. The number of nitrogens with one attached hydrogen (secondary N) is 3. The molecule has 9 nitrogen and oxygen atoms in total. The fourth-order valence-corrected chi connectivity index (χ4v) is 5.32. The largest absolute Gasteiger partial charge is 0.402 e. The Labute approximate surface area is 259 Å². The number of nitrogens with zero attached hydrogens (tertiary/aromatic N) is 2. The quantitative estimate of drug-likeness (QED) is 0.198. The van der Waals surface area contributed by atoms with Crippen molar-refractivity contribution in [3.8, 4) is 0 Å². The van der Waals surface area contributed by atoms with Gasteiger partial charge in [-0.3, -0.25) is 9.59 Å². The highest BCUT2D eigenvalue weighted by Crippen LogP contribution is 2.20. The zero-order valence-electron chi connectivity index (χ0n) is 25.5. The maximum atomic E-state index is 13.6. The number of urea groups is 1. The highest BCUT2D eigenvalue weighted by molar-refractivity contribution is 7.09. The van der Waals surface area contributed by atoms with Gasteiger partial charge >= 0.3 is 6.03 Å². The van der Waals surface area contributed by atoms with Gasteiger partial charge in [0.1, 0.15) is 6.04 Å². The van der Waals surface area contributed by atoms with Crippen molar-refractivity contribution in [1.82, 2.24) is 25.8 Å². The van der Waals surface area contributed by atoms with Crippen LogP contribution in [0.4, 0.5) is 4.79 Å². The lowest BCUT2D eigenvalue weighted by molar-refractivity contribution is -0.124. The lowest BCUT2D eigenvalue weighted by Gasteiger charge is -2.26. The van der Waals surface area contributed by atoms with Crippen LogP contribution in [-0.4, -0.2) is 53.4 Å². The third-order valence-corrected chi connectivity index (χ3v) is 8.03. The Kier molecular flexibility index (Phi) is 13.2. The van der Waals surface area contributed by atoms with Crippen molar-refractivity contribution >= 4 is 35.3 Å². The molecule has 4 amide bonds. The van der Waals surface area contributed by atoms with Crippen molar-refractivity contribution in [1.29, 1.82) is 0 Å². The number of hydrogen-bond acceptors (Lipinski definition) is 6. The lowest BCUT2D eigenvalue weighted by Crippen LogP contribution is -2.53. The molecule has 0 aliphatic heterocycles. The van der Waals surface area contributed by atoms with Gasteiger partial charge in [-0.25, -0.2) is 9.78 Å². The van der Waals surface area contributed by atoms with Gasteiger partial charge in [-0.05, 0) is 42.9 Å². The van der Waals surface area contributed by atoms with Gasteiger partial charge in [0.2, 0.25) is 11.8 Å². The number of rotatable bonds is 15. The molecule has 0 aliphatic rings. The first-order chi connectivity index (χ1) is 20.6. The van der Waals surface area contributed by atoms with Crippen molar-refractivity contribution < 1.29 is 14.4 Å². The van der Waals surface area contributed by atoms with Gasteiger partial charge in [0, 0.05) is 43.6 Å². The Morgan fingerprint density at radius 2 is 1.67 bits per heavy atom. The summed E-state index contributed by atoms with van der Waals surface area (Å²) in [6, 6.07) is 18.3. The third kappa shape index (κ3) is 11.9. The summed E-state index contributed by atoms with van der Waals surface area (Å²) in [5, 5.41) is 11.7. The molecule has 0 aliphatic carbocycles. The van der Waals surface area contributed by atoms with E-state index in [2.05, 4.69) is 34.8 Å². The number of benzene rings is 2. The molecule has 10 heteroatoms. The van der Waals surface area contributed by atoms with E-state index in [1.54, 1.807) is 18.4 Å². The highest BCUT2D eigenvalue weighted by Gasteiger charge is 2.25. The Hall–Kier alpha value is -4.18. The third-order valence-electron chi connectivity index (χ3n) is 6.83. The van der Waals surface area contributed by atoms with Crippen LogP contribution < -0.4 is 21.7 Å². The van der Waals surface area contributed by atoms with Crippen LogP contribution in [0.15, 0.2) is 71.7 Å². The fraction of sp³-hybridized carbons (Fsp3) is 0.394. The number of carbonyl (C=O) groups excluding carboxylic acids is 3. The minimum atomic E-state index is -0.848. The van der Waals surface area contributed by atoms with Crippen molar-refractivity contribution in [2.75, 3.05) is 13.6 Å². The van der Waals surface area contributed by atoms with E-state index < -0.39 is 12.1 Å². The Morgan fingerprint density at radius 1 is 1.00 bits per heavy atom.